The molecule has 0 saturated carbocycles. The molecular weight excluding hydrogens is 408 g/mol. The smallest absolute Gasteiger partial charge is 0.336 e. The summed E-state index contributed by atoms with van der Waals surface area (Å²) in [7, 11) is 0. The maximum atomic E-state index is 12.2. The van der Waals surface area contributed by atoms with E-state index in [-0.39, 0.29) is 11.9 Å². The van der Waals surface area contributed by atoms with Crippen LogP contribution in [0.2, 0.25) is 0 Å². The first kappa shape index (κ1) is 21.7. The van der Waals surface area contributed by atoms with Crippen LogP contribution in [0.4, 0.5) is 6.01 Å². The summed E-state index contributed by atoms with van der Waals surface area (Å²) in [5, 5.41) is 22.3. The van der Waals surface area contributed by atoms with E-state index in [4.69, 9.17) is 14.6 Å². The number of hydrogen-bond acceptors (Lipinski definition) is 8. The molecule has 0 aliphatic heterocycles. The summed E-state index contributed by atoms with van der Waals surface area (Å²) in [6.07, 6.45) is 0.955. The van der Waals surface area contributed by atoms with Crippen LogP contribution in [0.5, 0.6) is 0 Å². The molecule has 0 aliphatic carbocycles. The number of rotatable bonds is 8. The van der Waals surface area contributed by atoms with Crippen molar-refractivity contribution in [3.8, 4) is 11.1 Å². The van der Waals surface area contributed by atoms with Gasteiger partial charge < -0.3 is 25.0 Å². The van der Waals surface area contributed by atoms with Crippen molar-refractivity contribution in [2.75, 3.05) is 5.32 Å². The Morgan fingerprint density at radius 1 is 1.03 bits per heavy atom. The third kappa shape index (κ3) is 4.28. The van der Waals surface area contributed by atoms with Crippen molar-refractivity contribution in [1.29, 1.82) is 0 Å². The number of aliphatic hydroxyl groups is 1. The summed E-state index contributed by atoms with van der Waals surface area (Å²) < 4.78 is 11.0. The van der Waals surface area contributed by atoms with Gasteiger partial charge in [0.15, 0.2) is 0 Å². The summed E-state index contributed by atoms with van der Waals surface area (Å²) in [5.74, 6) is 0.193. The molecule has 0 aliphatic rings. The number of nitrogens with two attached hydrogens (primary N) is 1. The fourth-order valence-corrected chi connectivity index (χ4v) is 3.63. The van der Waals surface area contributed by atoms with Crippen LogP contribution in [0.25, 0.3) is 22.1 Å². The molecule has 2 aromatic heterocycles. The molecule has 8 heteroatoms. The molecule has 0 fully saturated rings. The highest BCUT2D eigenvalue weighted by molar-refractivity contribution is 5.93. The van der Waals surface area contributed by atoms with Gasteiger partial charge >= 0.3 is 11.6 Å². The van der Waals surface area contributed by atoms with Crippen LogP contribution >= 0.6 is 0 Å². The molecule has 166 valence electrons. The monoisotopic (exact) mass is 434 g/mol. The van der Waals surface area contributed by atoms with Crippen molar-refractivity contribution in [1.82, 2.24) is 10.2 Å². The van der Waals surface area contributed by atoms with Crippen LogP contribution in [-0.4, -0.2) is 15.3 Å². The molecule has 0 bridgehead atoms. The molecule has 0 atom stereocenters. The predicted octanol–water partition coefficient (Wildman–Crippen LogP) is 3.92. The fraction of sp³-hybridized carbons (Fsp3) is 0.292. The number of hydrogen-bond donors (Lipinski definition) is 3. The molecule has 0 radical (unpaired) electrons. The minimum atomic E-state index is -1.13. The van der Waals surface area contributed by atoms with E-state index in [9.17, 15) is 9.90 Å². The molecule has 8 nitrogen and oxygen atoms in total. The summed E-state index contributed by atoms with van der Waals surface area (Å²) in [5.41, 5.74) is 8.27. The van der Waals surface area contributed by atoms with E-state index in [0.29, 0.717) is 31.5 Å². The van der Waals surface area contributed by atoms with Crippen LogP contribution < -0.4 is 16.7 Å². The zero-order valence-corrected chi connectivity index (χ0v) is 18.1. The van der Waals surface area contributed by atoms with Crippen LogP contribution in [0.3, 0.4) is 0 Å². The highest BCUT2D eigenvalue weighted by Gasteiger charge is 2.31. The molecule has 0 unspecified atom stereocenters. The molecule has 4 aromatic rings. The second-order valence-electron chi connectivity index (χ2n) is 7.72. The molecule has 0 saturated heterocycles. The number of nitrogens with one attached hydrogen (secondary N) is 1. The highest BCUT2D eigenvalue weighted by atomic mass is 16.4. The number of benzene rings is 2. The topological polar surface area (TPSA) is 127 Å². The first-order valence-electron chi connectivity index (χ1n) is 10.6. The molecule has 0 spiro atoms. The van der Waals surface area contributed by atoms with Crippen LogP contribution in [0.15, 0.2) is 62.2 Å². The van der Waals surface area contributed by atoms with Gasteiger partial charge in [0.25, 0.3) is 0 Å². The van der Waals surface area contributed by atoms with Crippen LogP contribution in [0, 0.1) is 0 Å². The minimum absolute atomic E-state index is 0.193. The maximum absolute atomic E-state index is 12.2. The Bertz CT molecular complexity index is 1290. The predicted molar refractivity (Wildman–Crippen MR) is 122 cm³/mol. The van der Waals surface area contributed by atoms with E-state index in [2.05, 4.69) is 15.5 Å². The molecule has 4 N–H and O–H groups in total. The zero-order valence-electron chi connectivity index (χ0n) is 18.1. The van der Waals surface area contributed by atoms with E-state index in [1.165, 1.54) is 6.07 Å². The SMILES string of the molecule is CCC(O)(CC)c1nnc(NCc2ccc3c(-c4cccc(CN)c4)cc(=O)oc3c2)o1. The Balaban J connectivity index is 1.60. The fourth-order valence-electron chi connectivity index (χ4n) is 3.63. The normalized spacial score (nSPS) is 11.8. The van der Waals surface area contributed by atoms with E-state index in [0.717, 1.165) is 27.6 Å². The van der Waals surface area contributed by atoms with Gasteiger partial charge in [-0.25, -0.2) is 4.79 Å². The van der Waals surface area contributed by atoms with Crippen molar-refractivity contribution < 1.29 is 13.9 Å². The van der Waals surface area contributed by atoms with E-state index >= 15 is 0 Å². The highest BCUT2D eigenvalue weighted by Crippen LogP contribution is 2.30. The van der Waals surface area contributed by atoms with Crippen molar-refractivity contribution >= 4 is 17.0 Å². The van der Waals surface area contributed by atoms with Crippen molar-refractivity contribution in [3.05, 3.63) is 76.0 Å². The Morgan fingerprint density at radius 2 is 1.84 bits per heavy atom. The van der Waals surface area contributed by atoms with Crippen LogP contribution in [-0.2, 0) is 18.7 Å². The van der Waals surface area contributed by atoms with Crippen molar-refractivity contribution in [2.24, 2.45) is 5.73 Å². The molecule has 4 rings (SSSR count). The third-order valence-electron chi connectivity index (χ3n) is 5.72. The standard InChI is InChI=1S/C24H26N4O4/c1-3-24(30,4-2)22-27-28-23(32-22)26-14-16-8-9-18-19(12-21(29)31-20(18)11-16)17-7-5-6-15(10-17)13-25/h5-12,30H,3-4,13-14,25H2,1-2H3,(H,26,28). The van der Waals surface area contributed by atoms with Crippen molar-refractivity contribution in [2.45, 2.75) is 45.4 Å². The zero-order chi connectivity index (χ0) is 22.7. The third-order valence-corrected chi connectivity index (χ3v) is 5.72. The molecule has 2 heterocycles. The Kier molecular flexibility index (Phi) is 6.07. The van der Waals surface area contributed by atoms with E-state index in [1.807, 2.05) is 56.3 Å². The average Bonchev–Trinajstić information content (AvgIpc) is 3.31. The largest absolute Gasteiger partial charge is 0.423 e. The lowest BCUT2D eigenvalue weighted by atomic mass is 9.98. The number of anilines is 1. The number of aromatic nitrogens is 2. The number of nitrogens with zero attached hydrogens (tertiary/aromatic N) is 2. The van der Waals surface area contributed by atoms with Crippen LogP contribution in [0.1, 0.15) is 43.7 Å². The molecule has 32 heavy (non-hydrogen) atoms. The van der Waals surface area contributed by atoms with Gasteiger partial charge in [0, 0.05) is 24.5 Å². The average molecular weight is 434 g/mol. The Morgan fingerprint density at radius 3 is 2.59 bits per heavy atom. The van der Waals surface area contributed by atoms with Gasteiger partial charge in [-0.1, -0.05) is 49.3 Å². The van der Waals surface area contributed by atoms with E-state index < -0.39 is 11.2 Å². The lowest BCUT2D eigenvalue weighted by Gasteiger charge is -2.19. The quantitative estimate of drug-likeness (QED) is 0.356. The maximum Gasteiger partial charge on any atom is 0.336 e. The minimum Gasteiger partial charge on any atom is -0.423 e. The van der Waals surface area contributed by atoms with Crippen molar-refractivity contribution in [3.63, 3.8) is 0 Å². The molecular formula is C24H26N4O4. The second-order valence-corrected chi connectivity index (χ2v) is 7.72. The first-order valence-corrected chi connectivity index (χ1v) is 10.6. The first-order chi connectivity index (χ1) is 15.5. The van der Waals surface area contributed by atoms with Gasteiger partial charge in [0.05, 0.1) is 0 Å². The second kappa shape index (κ2) is 8.94. The van der Waals surface area contributed by atoms with E-state index in [1.54, 1.807) is 0 Å². The summed E-state index contributed by atoms with van der Waals surface area (Å²) in [6.45, 7) is 4.54. The van der Waals surface area contributed by atoms with Gasteiger partial charge in [0.1, 0.15) is 11.2 Å². The lowest BCUT2D eigenvalue weighted by molar-refractivity contribution is 0.00206. The molecule has 0 amide bonds. The molecule has 2 aromatic carbocycles. The summed E-state index contributed by atoms with van der Waals surface area (Å²) in [6, 6.07) is 15.2. The van der Waals surface area contributed by atoms with Gasteiger partial charge in [-0.15, -0.1) is 5.10 Å². The van der Waals surface area contributed by atoms with Gasteiger partial charge in [-0.3, -0.25) is 0 Å². The van der Waals surface area contributed by atoms with Gasteiger partial charge in [0.2, 0.25) is 5.89 Å². The summed E-state index contributed by atoms with van der Waals surface area (Å²) in [4.78, 5) is 12.2. The Hall–Kier alpha value is -3.49. The van der Waals surface area contributed by atoms with Gasteiger partial charge in [-0.05, 0) is 47.2 Å². The summed E-state index contributed by atoms with van der Waals surface area (Å²) >= 11 is 0. The van der Waals surface area contributed by atoms with Gasteiger partial charge in [-0.2, -0.15) is 0 Å². The lowest BCUT2D eigenvalue weighted by Crippen LogP contribution is -2.23. The number of fused-ring (bicyclic) bond motifs is 1. The Labute approximate surface area is 185 Å².